The third-order valence-corrected chi connectivity index (χ3v) is 2.94. The predicted octanol–water partition coefficient (Wildman–Crippen LogP) is 2.89. The van der Waals surface area contributed by atoms with Crippen molar-refractivity contribution in [3.63, 3.8) is 0 Å². The van der Waals surface area contributed by atoms with Crippen LogP contribution in [0.1, 0.15) is 0 Å². The Labute approximate surface area is 120 Å². The van der Waals surface area contributed by atoms with E-state index >= 15 is 0 Å². The molecular formula is C16H13N3O2. The molecule has 21 heavy (non-hydrogen) atoms. The van der Waals surface area contributed by atoms with Crippen molar-refractivity contribution in [2.45, 2.75) is 0 Å². The van der Waals surface area contributed by atoms with E-state index in [0.29, 0.717) is 11.6 Å². The highest BCUT2D eigenvalue weighted by Crippen LogP contribution is 2.19. The number of aromatic nitrogens is 2. The van der Waals surface area contributed by atoms with Crippen molar-refractivity contribution in [1.29, 1.82) is 0 Å². The van der Waals surface area contributed by atoms with E-state index in [1.165, 1.54) is 6.07 Å². The first-order valence-corrected chi connectivity index (χ1v) is 6.43. The van der Waals surface area contributed by atoms with Crippen LogP contribution in [-0.2, 0) is 0 Å². The number of benzene rings is 2. The molecule has 0 spiro atoms. The third kappa shape index (κ3) is 3.09. The summed E-state index contributed by atoms with van der Waals surface area (Å²) < 4.78 is 0. The molecule has 104 valence electrons. The van der Waals surface area contributed by atoms with Crippen LogP contribution in [0.4, 0.5) is 11.6 Å². The molecule has 0 aliphatic rings. The molecule has 5 nitrogen and oxygen atoms in total. The second kappa shape index (κ2) is 5.50. The Morgan fingerprint density at radius 1 is 1.00 bits per heavy atom. The van der Waals surface area contributed by atoms with Crippen molar-refractivity contribution in [3.8, 4) is 17.0 Å². The normalized spacial score (nSPS) is 10.3. The number of H-pyrrole nitrogens is 1. The summed E-state index contributed by atoms with van der Waals surface area (Å²) in [6.45, 7) is 0. The molecule has 1 heterocycles. The Balaban J connectivity index is 1.95. The van der Waals surface area contributed by atoms with Gasteiger partial charge in [0.15, 0.2) is 0 Å². The minimum Gasteiger partial charge on any atom is -0.508 e. The highest BCUT2D eigenvalue weighted by molar-refractivity contribution is 5.62. The van der Waals surface area contributed by atoms with Crippen molar-refractivity contribution in [1.82, 2.24) is 9.97 Å². The first-order valence-electron chi connectivity index (χ1n) is 6.43. The van der Waals surface area contributed by atoms with Crippen LogP contribution in [0.2, 0.25) is 0 Å². The van der Waals surface area contributed by atoms with Gasteiger partial charge in [0.2, 0.25) is 5.95 Å². The number of rotatable bonds is 3. The van der Waals surface area contributed by atoms with E-state index in [-0.39, 0.29) is 11.3 Å². The number of hydrogen-bond donors (Lipinski definition) is 3. The van der Waals surface area contributed by atoms with Crippen LogP contribution in [0.15, 0.2) is 65.5 Å². The van der Waals surface area contributed by atoms with Crippen molar-refractivity contribution in [2.24, 2.45) is 0 Å². The number of phenols is 1. The van der Waals surface area contributed by atoms with Crippen LogP contribution in [-0.4, -0.2) is 15.1 Å². The Bertz CT molecular complexity index is 796. The summed E-state index contributed by atoms with van der Waals surface area (Å²) in [7, 11) is 0. The molecule has 0 atom stereocenters. The molecule has 0 radical (unpaired) electrons. The summed E-state index contributed by atoms with van der Waals surface area (Å²) in [5.74, 6) is 0.534. The molecule has 1 aromatic heterocycles. The van der Waals surface area contributed by atoms with E-state index in [9.17, 15) is 9.90 Å². The van der Waals surface area contributed by atoms with Gasteiger partial charge in [-0.25, -0.2) is 4.98 Å². The summed E-state index contributed by atoms with van der Waals surface area (Å²) in [4.78, 5) is 18.8. The van der Waals surface area contributed by atoms with Gasteiger partial charge < -0.3 is 10.4 Å². The highest BCUT2D eigenvalue weighted by Gasteiger charge is 2.04. The van der Waals surface area contributed by atoms with Gasteiger partial charge >= 0.3 is 0 Å². The van der Waals surface area contributed by atoms with Crippen molar-refractivity contribution >= 4 is 11.6 Å². The second-order valence-corrected chi connectivity index (χ2v) is 4.52. The topological polar surface area (TPSA) is 78.0 Å². The quantitative estimate of drug-likeness (QED) is 0.644. The maximum Gasteiger partial charge on any atom is 0.252 e. The molecule has 0 saturated carbocycles. The number of aromatic hydroxyl groups is 1. The number of aromatic amines is 1. The minimum absolute atomic E-state index is 0.181. The summed E-state index contributed by atoms with van der Waals surface area (Å²) in [6, 6.07) is 17.5. The van der Waals surface area contributed by atoms with Gasteiger partial charge in [0.05, 0.1) is 5.69 Å². The molecular weight excluding hydrogens is 266 g/mol. The molecule has 3 rings (SSSR count). The van der Waals surface area contributed by atoms with Gasteiger partial charge in [0.1, 0.15) is 5.75 Å². The molecule has 0 aliphatic carbocycles. The molecule has 0 saturated heterocycles. The molecule has 0 bridgehead atoms. The zero-order valence-electron chi connectivity index (χ0n) is 11.1. The average molecular weight is 279 g/mol. The van der Waals surface area contributed by atoms with E-state index in [2.05, 4.69) is 15.3 Å². The SMILES string of the molecule is O=c1cc(-c2ccccc2)nc(Nc2ccc(O)cc2)[nH]1. The standard InChI is InChI=1S/C16H13N3O2/c20-13-8-6-12(7-9-13)17-16-18-14(10-15(21)19-16)11-4-2-1-3-5-11/h1-10,20H,(H2,17,18,19,21). The predicted molar refractivity (Wildman–Crippen MR) is 81.7 cm³/mol. The lowest BCUT2D eigenvalue weighted by molar-refractivity contribution is 0.475. The lowest BCUT2D eigenvalue weighted by atomic mass is 10.1. The van der Waals surface area contributed by atoms with Gasteiger partial charge in [-0.05, 0) is 24.3 Å². The zero-order valence-corrected chi connectivity index (χ0v) is 11.1. The Kier molecular flexibility index (Phi) is 3.39. The average Bonchev–Trinajstić information content (AvgIpc) is 2.50. The van der Waals surface area contributed by atoms with Gasteiger partial charge in [-0.1, -0.05) is 30.3 Å². The third-order valence-electron chi connectivity index (χ3n) is 2.94. The highest BCUT2D eigenvalue weighted by atomic mass is 16.3. The lowest BCUT2D eigenvalue weighted by Gasteiger charge is -2.07. The van der Waals surface area contributed by atoms with Crippen LogP contribution >= 0.6 is 0 Å². The Morgan fingerprint density at radius 2 is 1.71 bits per heavy atom. The molecule has 0 fully saturated rings. The Morgan fingerprint density at radius 3 is 2.43 bits per heavy atom. The molecule has 3 N–H and O–H groups in total. The van der Waals surface area contributed by atoms with Gasteiger partial charge in [0, 0.05) is 17.3 Å². The number of hydrogen-bond acceptors (Lipinski definition) is 4. The number of phenolic OH excluding ortho intramolecular Hbond substituents is 1. The van der Waals surface area contributed by atoms with Gasteiger partial charge in [-0.2, -0.15) is 0 Å². The monoisotopic (exact) mass is 279 g/mol. The van der Waals surface area contributed by atoms with Crippen molar-refractivity contribution < 1.29 is 5.11 Å². The smallest absolute Gasteiger partial charge is 0.252 e. The molecule has 2 aromatic carbocycles. The lowest BCUT2D eigenvalue weighted by Crippen LogP contribution is -2.10. The van der Waals surface area contributed by atoms with E-state index in [1.807, 2.05) is 30.3 Å². The molecule has 0 unspecified atom stereocenters. The molecule has 0 amide bonds. The molecule has 3 aromatic rings. The number of nitrogens with one attached hydrogen (secondary N) is 2. The fraction of sp³-hybridized carbons (Fsp3) is 0. The van der Waals surface area contributed by atoms with Crippen molar-refractivity contribution in [2.75, 3.05) is 5.32 Å². The van der Waals surface area contributed by atoms with Gasteiger partial charge in [-0.3, -0.25) is 9.78 Å². The van der Waals surface area contributed by atoms with E-state index in [1.54, 1.807) is 24.3 Å². The second-order valence-electron chi connectivity index (χ2n) is 4.52. The van der Waals surface area contributed by atoms with Crippen LogP contribution in [0, 0.1) is 0 Å². The van der Waals surface area contributed by atoms with Gasteiger partial charge in [0.25, 0.3) is 5.56 Å². The zero-order chi connectivity index (χ0) is 14.7. The van der Waals surface area contributed by atoms with Crippen LogP contribution in [0.25, 0.3) is 11.3 Å². The van der Waals surface area contributed by atoms with Crippen LogP contribution in [0.3, 0.4) is 0 Å². The van der Waals surface area contributed by atoms with Crippen LogP contribution < -0.4 is 10.9 Å². The first-order chi connectivity index (χ1) is 10.2. The van der Waals surface area contributed by atoms with Crippen molar-refractivity contribution in [3.05, 3.63) is 71.0 Å². The van der Waals surface area contributed by atoms with E-state index in [0.717, 1.165) is 11.3 Å². The molecule has 0 aliphatic heterocycles. The van der Waals surface area contributed by atoms with E-state index in [4.69, 9.17) is 0 Å². The maximum atomic E-state index is 11.8. The molecule has 5 heteroatoms. The van der Waals surface area contributed by atoms with Crippen LogP contribution in [0.5, 0.6) is 5.75 Å². The fourth-order valence-corrected chi connectivity index (χ4v) is 1.96. The summed E-state index contributed by atoms with van der Waals surface area (Å²) >= 11 is 0. The summed E-state index contributed by atoms with van der Waals surface area (Å²) in [5, 5.41) is 12.3. The minimum atomic E-state index is -0.231. The summed E-state index contributed by atoms with van der Waals surface area (Å²) in [5.41, 5.74) is 1.96. The largest absolute Gasteiger partial charge is 0.508 e. The van der Waals surface area contributed by atoms with Gasteiger partial charge in [-0.15, -0.1) is 0 Å². The first kappa shape index (κ1) is 12.9. The summed E-state index contributed by atoms with van der Waals surface area (Å²) in [6.07, 6.45) is 0. The Hall–Kier alpha value is -3.08. The number of anilines is 2. The van der Waals surface area contributed by atoms with E-state index < -0.39 is 0 Å². The maximum absolute atomic E-state index is 11.8. The number of nitrogens with zero attached hydrogens (tertiary/aromatic N) is 1. The fourth-order valence-electron chi connectivity index (χ4n) is 1.96.